The molecule has 0 aromatic rings. The predicted octanol–water partition coefficient (Wildman–Crippen LogP) is 2.19. The Labute approximate surface area is 117 Å². The average molecular weight is 294 g/mol. The number of unbranched alkanes of at least 4 members (excludes halogenated alkanes) is 3. The summed E-state index contributed by atoms with van der Waals surface area (Å²) in [6, 6.07) is 0. The Balaban J connectivity index is 3.69. The summed E-state index contributed by atoms with van der Waals surface area (Å²) in [5.41, 5.74) is 5.33. The zero-order chi connectivity index (χ0) is 14.2. The molecule has 0 aromatic carbocycles. The van der Waals surface area contributed by atoms with Gasteiger partial charge in [-0.3, -0.25) is 0 Å². The first-order valence-corrected chi connectivity index (χ1v) is 8.50. The van der Waals surface area contributed by atoms with Crippen LogP contribution in [0.15, 0.2) is 0 Å². The third kappa shape index (κ3) is 8.00. The first-order chi connectivity index (χ1) is 8.27. The molecule has 0 aromatic heterocycles. The lowest BCUT2D eigenvalue weighted by molar-refractivity contribution is 0.517. The number of thiocarbonyl (C=S) groups is 1. The van der Waals surface area contributed by atoms with Gasteiger partial charge in [-0.15, -0.1) is 0 Å². The van der Waals surface area contributed by atoms with E-state index in [-0.39, 0.29) is 4.99 Å². The lowest BCUT2D eigenvalue weighted by Crippen LogP contribution is -2.40. The van der Waals surface area contributed by atoms with Gasteiger partial charge in [-0.25, -0.2) is 13.1 Å². The Hall–Kier alpha value is -0.200. The van der Waals surface area contributed by atoms with Crippen LogP contribution < -0.4 is 10.5 Å². The Kier molecular flexibility index (Phi) is 8.73. The van der Waals surface area contributed by atoms with E-state index in [0.717, 1.165) is 25.2 Å². The quantitative estimate of drug-likeness (QED) is 0.478. The van der Waals surface area contributed by atoms with Crippen LogP contribution in [0.4, 0.5) is 0 Å². The third-order valence-corrected chi connectivity index (χ3v) is 5.17. The molecule has 1 atom stereocenters. The summed E-state index contributed by atoms with van der Waals surface area (Å²) in [7, 11) is -3.38. The smallest absolute Gasteiger partial charge is 0.220 e. The third-order valence-electron chi connectivity index (χ3n) is 2.88. The van der Waals surface area contributed by atoms with E-state index >= 15 is 0 Å². The Morgan fingerprint density at radius 2 is 1.72 bits per heavy atom. The molecule has 0 radical (unpaired) electrons. The monoisotopic (exact) mass is 294 g/mol. The van der Waals surface area contributed by atoms with Gasteiger partial charge in [0.15, 0.2) is 0 Å². The maximum absolute atomic E-state index is 11.7. The van der Waals surface area contributed by atoms with Crippen molar-refractivity contribution in [2.24, 2.45) is 11.7 Å². The Morgan fingerprint density at radius 3 is 2.22 bits per heavy atom. The van der Waals surface area contributed by atoms with E-state index in [2.05, 4.69) is 30.8 Å². The highest BCUT2D eigenvalue weighted by atomic mass is 32.2. The van der Waals surface area contributed by atoms with Gasteiger partial charge in [0.2, 0.25) is 10.0 Å². The molecule has 18 heavy (non-hydrogen) atoms. The van der Waals surface area contributed by atoms with Crippen LogP contribution >= 0.6 is 12.2 Å². The SMILES string of the molecule is CC(C)CCCCCCNS(=O)(=O)C(C)C(N)=S. The molecule has 1 unspecified atom stereocenters. The van der Waals surface area contributed by atoms with Gasteiger partial charge < -0.3 is 5.73 Å². The second-order valence-corrected chi connectivity index (χ2v) is 7.64. The second-order valence-electron chi connectivity index (χ2n) is 5.08. The van der Waals surface area contributed by atoms with Crippen LogP contribution in [0.5, 0.6) is 0 Å². The van der Waals surface area contributed by atoms with Crippen molar-refractivity contribution >= 4 is 27.2 Å². The molecule has 0 aliphatic rings. The van der Waals surface area contributed by atoms with Crippen LogP contribution in [0.2, 0.25) is 0 Å². The minimum atomic E-state index is -3.38. The van der Waals surface area contributed by atoms with Gasteiger partial charge in [-0.2, -0.15) is 0 Å². The summed E-state index contributed by atoms with van der Waals surface area (Å²) in [5, 5.41) is -0.798. The molecule has 0 bridgehead atoms. The van der Waals surface area contributed by atoms with Gasteiger partial charge in [0, 0.05) is 6.54 Å². The maximum Gasteiger partial charge on any atom is 0.220 e. The lowest BCUT2D eigenvalue weighted by atomic mass is 10.0. The van der Waals surface area contributed by atoms with Crippen molar-refractivity contribution in [3.8, 4) is 0 Å². The molecule has 6 heteroatoms. The summed E-state index contributed by atoms with van der Waals surface area (Å²) < 4.78 is 25.9. The van der Waals surface area contributed by atoms with E-state index in [0.29, 0.717) is 6.54 Å². The fraction of sp³-hybridized carbons (Fsp3) is 0.917. The second kappa shape index (κ2) is 8.82. The van der Waals surface area contributed by atoms with Gasteiger partial charge in [0.1, 0.15) is 5.25 Å². The minimum Gasteiger partial charge on any atom is -0.392 e. The molecule has 0 aliphatic carbocycles. The molecule has 0 heterocycles. The van der Waals surface area contributed by atoms with E-state index in [1.165, 1.54) is 19.8 Å². The minimum absolute atomic E-state index is 0.0134. The molecule has 0 fully saturated rings. The highest BCUT2D eigenvalue weighted by Crippen LogP contribution is 2.09. The van der Waals surface area contributed by atoms with Crippen molar-refractivity contribution in [2.75, 3.05) is 6.54 Å². The normalized spacial score (nSPS) is 13.8. The number of hydrogen-bond acceptors (Lipinski definition) is 3. The molecule has 0 aliphatic heterocycles. The largest absolute Gasteiger partial charge is 0.392 e. The molecule has 0 amide bonds. The standard InChI is InChI=1S/C12H26N2O2S2/c1-10(2)8-6-4-5-7-9-14-18(15,16)11(3)12(13)17/h10-11,14H,4-9H2,1-3H3,(H2,13,17). The number of nitrogens with one attached hydrogen (secondary N) is 1. The summed E-state index contributed by atoms with van der Waals surface area (Å²) in [5.74, 6) is 0.745. The van der Waals surface area contributed by atoms with Crippen molar-refractivity contribution in [3.05, 3.63) is 0 Å². The lowest BCUT2D eigenvalue weighted by Gasteiger charge is -2.12. The molecule has 4 nitrogen and oxygen atoms in total. The van der Waals surface area contributed by atoms with Crippen LogP contribution in [0.3, 0.4) is 0 Å². The first kappa shape index (κ1) is 17.8. The van der Waals surface area contributed by atoms with Gasteiger partial charge >= 0.3 is 0 Å². The summed E-state index contributed by atoms with van der Waals surface area (Å²) >= 11 is 4.69. The van der Waals surface area contributed by atoms with Gasteiger partial charge in [0.25, 0.3) is 0 Å². The molecule has 0 saturated carbocycles. The van der Waals surface area contributed by atoms with Crippen LogP contribution in [0.1, 0.15) is 52.9 Å². The zero-order valence-corrected chi connectivity index (χ0v) is 13.2. The molecule has 3 N–H and O–H groups in total. The predicted molar refractivity (Wildman–Crippen MR) is 81.1 cm³/mol. The zero-order valence-electron chi connectivity index (χ0n) is 11.6. The number of nitrogens with two attached hydrogens (primary N) is 1. The molecule has 0 spiro atoms. The van der Waals surface area contributed by atoms with Crippen LogP contribution in [-0.4, -0.2) is 25.2 Å². The van der Waals surface area contributed by atoms with Gasteiger partial charge in [0.05, 0.1) is 4.99 Å². The highest BCUT2D eigenvalue weighted by molar-refractivity contribution is 7.93. The molecule has 0 saturated heterocycles. The fourth-order valence-electron chi connectivity index (χ4n) is 1.52. The molecule has 0 rings (SSSR count). The van der Waals surface area contributed by atoms with Crippen LogP contribution in [0, 0.1) is 5.92 Å². The fourth-order valence-corrected chi connectivity index (χ4v) is 2.89. The van der Waals surface area contributed by atoms with E-state index in [4.69, 9.17) is 5.73 Å². The van der Waals surface area contributed by atoms with Gasteiger partial charge in [-0.1, -0.05) is 51.7 Å². The summed E-state index contributed by atoms with van der Waals surface area (Å²) in [6.07, 6.45) is 5.53. The van der Waals surface area contributed by atoms with Crippen molar-refractivity contribution in [1.82, 2.24) is 4.72 Å². The molecular weight excluding hydrogens is 268 g/mol. The maximum atomic E-state index is 11.7. The molecule has 108 valence electrons. The van der Waals surface area contributed by atoms with E-state index in [1.54, 1.807) is 0 Å². The summed E-state index contributed by atoms with van der Waals surface area (Å²) in [6.45, 7) is 6.40. The Bertz CT molecular complexity index is 340. The van der Waals surface area contributed by atoms with E-state index in [9.17, 15) is 8.42 Å². The number of sulfonamides is 1. The van der Waals surface area contributed by atoms with E-state index < -0.39 is 15.3 Å². The van der Waals surface area contributed by atoms with Crippen molar-refractivity contribution in [1.29, 1.82) is 0 Å². The van der Waals surface area contributed by atoms with Crippen molar-refractivity contribution in [3.63, 3.8) is 0 Å². The van der Waals surface area contributed by atoms with Gasteiger partial charge in [-0.05, 0) is 19.3 Å². The van der Waals surface area contributed by atoms with Crippen molar-refractivity contribution in [2.45, 2.75) is 58.1 Å². The average Bonchev–Trinajstić information content (AvgIpc) is 2.26. The highest BCUT2D eigenvalue weighted by Gasteiger charge is 2.22. The van der Waals surface area contributed by atoms with Crippen molar-refractivity contribution < 1.29 is 8.42 Å². The Morgan fingerprint density at radius 1 is 1.17 bits per heavy atom. The molecular formula is C12H26N2O2S2. The number of rotatable bonds is 10. The summed E-state index contributed by atoms with van der Waals surface area (Å²) in [4.78, 5) is 0.0134. The van der Waals surface area contributed by atoms with Crippen LogP contribution in [0.25, 0.3) is 0 Å². The van der Waals surface area contributed by atoms with E-state index in [1.807, 2.05) is 0 Å². The topological polar surface area (TPSA) is 72.2 Å². The number of hydrogen-bond donors (Lipinski definition) is 2. The first-order valence-electron chi connectivity index (χ1n) is 6.55. The van der Waals surface area contributed by atoms with Crippen LogP contribution in [-0.2, 0) is 10.0 Å².